The SMILES string of the molecule is CCN1CCCN(c2ccc3cc(-c4cc5c(C)nc(C)cn5c4)c(=O)oc3c2)CC1. The second kappa shape index (κ2) is 7.85. The Morgan fingerprint density at radius 3 is 2.74 bits per heavy atom. The number of rotatable bonds is 3. The van der Waals surface area contributed by atoms with Gasteiger partial charge in [0, 0.05) is 54.7 Å². The van der Waals surface area contributed by atoms with Crippen molar-refractivity contribution in [1.29, 1.82) is 0 Å². The normalized spacial score (nSPS) is 15.6. The molecule has 5 rings (SSSR count). The Kier molecular flexibility index (Phi) is 5.02. The number of fused-ring (bicyclic) bond motifs is 2. The molecule has 0 saturated carbocycles. The summed E-state index contributed by atoms with van der Waals surface area (Å²) in [6.07, 6.45) is 5.09. The van der Waals surface area contributed by atoms with Crippen LogP contribution in [0.1, 0.15) is 24.7 Å². The number of hydrogen-bond donors (Lipinski definition) is 0. The first-order valence-corrected chi connectivity index (χ1v) is 11.0. The van der Waals surface area contributed by atoms with Crippen LogP contribution in [-0.4, -0.2) is 47.0 Å². The third kappa shape index (κ3) is 3.72. The monoisotopic (exact) mass is 416 g/mol. The molecule has 1 aliphatic rings. The lowest BCUT2D eigenvalue weighted by atomic mass is 10.1. The maximum atomic E-state index is 12.9. The molecule has 0 unspecified atom stereocenters. The Morgan fingerprint density at radius 2 is 1.90 bits per heavy atom. The maximum Gasteiger partial charge on any atom is 0.344 e. The van der Waals surface area contributed by atoms with E-state index in [9.17, 15) is 4.79 Å². The van der Waals surface area contributed by atoms with Gasteiger partial charge in [0.2, 0.25) is 0 Å². The molecule has 4 aromatic rings. The van der Waals surface area contributed by atoms with Crippen molar-refractivity contribution in [1.82, 2.24) is 14.3 Å². The van der Waals surface area contributed by atoms with Crippen LogP contribution in [0.15, 0.2) is 51.9 Å². The number of hydrogen-bond acceptors (Lipinski definition) is 5. The zero-order valence-corrected chi connectivity index (χ0v) is 18.4. The Morgan fingerprint density at radius 1 is 1.03 bits per heavy atom. The molecule has 1 saturated heterocycles. The van der Waals surface area contributed by atoms with Gasteiger partial charge in [0.1, 0.15) is 5.58 Å². The van der Waals surface area contributed by atoms with Crippen molar-refractivity contribution in [3.8, 4) is 11.1 Å². The molecule has 0 atom stereocenters. The second-order valence-electron chi connectivity index (χ2n) is 8.43. The highest BCUT2D eigenvalue weighted by Gasteiger charge is 2.16. The van der Waals surface area contributed by atoms with Gasteiger partial charge in [-0.25, -0.2) is 4.79 Å². The molecular weight excluding hydrogens is 388 g/mol. The summed E-state index contributed by atoms with van der Waals surface area (Å²) in [5, 5.41) is 0.935. The zero-order valence-electron chi connectivity index (χ0n) is 18.4. The Labute approximate surface area is 181 Å². The average Bonchev–Trinajstić information content (AvgIpc) is 3.02. The third-order valence-corrected chi connectivity index (χ3v) is 6.32. The highest BCUT2D eigenvalue weighted by atomic mass is 16.4. The quantitative estimate of drug-likeness (QED) is 0.467. The van der Waals surface area contributed by atoms with Crippen molar-refractivity contribution in [2.45, 2.75) is 27.2 Å². The smallest absolute Gasteiger partial charge is 0.344 e. The summed E-state index contributed by atoms with van der Waals surface area (Å²) in [5.41, 5.74) is 5.76. The van der Waals surface area contributed by atoms with Gasteiger partial charge < -0.3 is 18.6 Å². The zero-order chi connectivity index (χ0) is 21.5. The molecule has 0 bridgehead atoms. The molecule has 160 valence electrons. The molecule has 0 amide bonds. The molecule has 0 spiro atoms. The van der Waals surface area contributed by atoms with Gasteiger partial charge in [0.25, 0.3) is 0 Å². The van der Waals surface area contributed by atoms with Gasteiger partial charge in [-0.2, -0.15) is 0 Å². The van der Waals surface area contributed by atoms with E-state index in [0.29, 0.717) is 11.1 Å². The maximum absolute atomic E-state index is 12.9. The van der Waals surface area contributed by atoms with Crippen LogP contribution in [0.4, 0.5) is 5.69 Å². The van der Waals surface area contributed by atoms with Gasteiger partial charge in [-0.1, -0.05) is 6.92 Å². The van der Waals surface area contributed by atoms with Gasteiger partial charge in [0.05, 0.1) is 22.5 Å². The van der Waals surface area contributed by atoms with Crippen LogP contribution >= 0.6 is 0 Å². The predicted octanol–water partition coefficient (Wildman–Crippen LogP) is 4.26. The van der Waals surface area contributed by atoms with E-state index in [1.54, 1.807) is 0 Å². The number of nitrogens with zero attached hydrogens (tertiary/aromatic N) is 4. The van der Waals surface area contributed by atoms with Gasteiger partial charge in [-0.15, -0.1) is 0 Å². The fourth-order valence-corrected chi connectivity index (χ4v) is 4.62. The van der Waals surface area contributed by atoms with E-state index < -0.39 is 0 Å². The summed E-state index contributed by atoms with van der Waals surface area (Å²) in [5.74, 6) is 0. The van der Waals surface area contributed by atoms with Gasteiger partial charge in [-0.3, -0.25) is 4.98 Å². The number of aromatic nitrogens is 2. The first kappa shape index (κ1) is 19.8. The molecular formula is C25H28N4O2. The first-order valence-electron chi connectivity index (χ1n) is 11.0. The van der Waals surface area contributed by atoms with Crippen molar-refractivity contribution in [2.75, 3.05) is 37.6 Å². The Hall–Kier alpha value is -3.12. The van der Waals surface area contributed by atoms with Crippen LogP contribution in [0.5, 0.6) is 0 Å². The molecule has 6 nitrogen and oxygen atoms in total. The topological polar surface area (TPSA) is 54.0 Å². The molecule has 0 aliphatic carbocycles. The summed E-state index contributed by atoms with van der Waals surface area (Å²) in [6.45, 7) is 11.5. The van der Waals surface area contributed by atoms with Crippen molar-refractivity contribution in [2.24, 2.45) is 0 Å². The molecule has 31 heavy (non-hydrogen) atoms. The lowest BCUT2D eigenvalue weighted by molar-refractivity contribution is 0.310. The van der Waals surface area contributed by atoms with Crippen molar-refractivity contribution in [3.63, 3.8) is 0 Å². The highest BCUT2D eigenvalue weighted by Crippen LogP contribution is 2.27. The second-order valence-corrected chi connectivity index (χ2v) is 8.43. The van der Waals surface area contributed by atoms with Crippen LogP contribution in [-0.2, 0) is 0 Å². The minimum absolute atomic E-state index is 0.309. The van der Waals surface area contributed by atoms with Gasteiger partial charge in [-0.05, 0) is 57.6 Å². The predicted molar refractivity (Wildman–Crippen MR) is 125 cm³/mol. The number of aryl methyl sites for hydroxylation is 2. The molecule has 1 aliphatic heterocycles. The lowest BCUT2D eigenvalue weighted by Crippen LogP contribution is -2.30. The molecule has 6 heteroatoms. The molecule has 0 radical (unpaired) electrons. The van der Waals surface area contributed by atoms with Crippen LogP contribution < -0.4 is 10.5 Å². The number of benzene rings is 1. The minimum atomic E-state index is -0.309. The number of anilines is 1. The van der Waals surface area contributed by atoms with E-state index in [1.807, 2.05) is 48.8 Å². The minimum Gasteiger partial charge on any atom is -0.422 e. The molecule has 3 aromatic heterocycles. The van der Waals surface area contributed by atoms with E-state index in [0.717, 1.165) is 72.7 Å². The molecule has 0 N–H and O–H groups in total. The van der Waals surface area contributed by atoms with Gasteiger partial charge in [0.15, 0.2) is 0 Å². The summed E-state index contributed by atoms with van der Waals surface area (Å²) >= 11 is 0. The fourth-order valence-electron chi connectivity index (χ4n) is 4.62. The number of likely N-dealkylation sites (N-methyl/N-ethyl adjacent to an activating group) is 1. The van der Waals surface area contributed by atoms with Crippen LogP contribution in [0.2, 0.25) is 0 Å². The summed E-state index contributed by atoms with van der Waals surface area (Å²) < 4.78 is 7.81. The summed E-state index contributed by atoms with van der Waals surface area (Å²) in [4.78, 5) is 22.3. The standard InChI is InChI=1S/C25H28N4O2/c1-4-27-8-5-9-28(11-10-27)21-7-6-19-12-22(25(30)31-24(19)14-21)20-13-23-18(3)26-17(2)15-29(23)16-20/h6-7,12-16H,4-5,8-11H2,1-3H3. The van der Waals surface area contributed by atoms with E-state index in [4.69, 9.17) is 4.42 Å². The van der Waals surface area contributed by atoms with E-state index in [2.05, 4.69) is 33.8 Å². The van der Waals surface area contributed by atoms with E-state index in [-0.39, 0.29) is 5.63 Å². The van der Waals surface area contributed by atoms with Crippen LogP contribution in [0.3, 0.4) is 0 Å². The lowest BCUT2D eigenvalue weighted by Gasteiger charge is -2.23. The van der Waals surface area contributed by atoms with E-state index in [1.165, 1.54) is 0 Å². The van der Waals surface area contributed by atoms with Crippen molar-refractivity contribution >= 4 is 22.2 Å². The first-order chi connectivity index (χ1) is 15.0. The van der Waals surface area contributed by atoms with Crippen LogP contribution in [0, 0.1) is 13.8 Å². The summed E-state index contributed by atoms with van der Waals surface area (Å²) in [7, 11) is 0. The van der Waals surface area contributed by atoms with Gasteiger partial charge >= 0.3 is 5.63 Å². The fraction of sp³-hybridized carbons (Fsp3) is 0.360. The van der Waals surface area contributed by atoms with Crippen molar-refractivity contribution < 1.29 is 4.42 Å². The Balaban J connectivity index is 1.51. The third-order valence-electron chi connectivity index (χ3n) is 6.32. The largest absolute Gasteiger partial charge is 0.422 e. The Bertz CT molecular complexity index is 1320. The molecule has 4 heterocycles. The molecule has 1 aromatic carbocycles. The van der Waals surface area contributed by atoms with Crippen molar-refractivity contribution in [3.05, 3.63) is 64.5 Å². The average molecular weight is 417 g/mol. The summed E-state index contributed by atoms with van der Waals surface area (Å²) in [6, 6.07) is 10.2. The molecule has 1 fully saturated rings. The van der Waals surface area contributed by atoms with E-state index >= 15 is 0 Å². The van der Waals surface area contributed by atoms with Crippen LogP contribution in [0.25, 0.3) is 27.6 Å². The highest BCUT2D eigenvalue weighted by molar-refractivity contribution is 5.85.